The molecule has 29 heavy (non-hydrogen) atoms. The summed E-state index contributed by atoms with van der Waals surface area (Å²) in [7, 11) is 1.33. The van der Waals surface area contributed by atoms with E-state index in [0.29, 0.717) is 16.5 Å². The SMILES string of the molecule is COc1cc([N+](=O)[O-])cc(C=Nc2sc3c(c2C#N)CC[C@H](C(C)(C)C)C3)c1O. The Morgan fingerprint density at radius 2 is 2.17 bits per heavy atom. The molecule has 0 saturated carbocycles. The van der Waals surface area contributed by atoms with Gasteiger partial charge in [-0.05, 0) is 36.2 Å². The van der Waals surface area contributed by atoms with Gasteiger partial charge in [0.25, 0.3) is 5.69 Å². The number of aliphatic imine (C=N–C) groups is 1. The average Bonchev–Trinajstić information content (AvgIpc) is 3.02. The fourth-order valence-electron chi connectivity index (χ4n) is 3.62. The van der Waals surface area contributed by atoms with Crippen LogP contribution >= 0.6 is 11.3 Å². The van der Waals surface area contributed by atoms with E-state index in [1.165, 1.54) is 35.6 Å². The standard InChI is InChI=1S/C21H23N3O4S/c1-21(2,3)13-5-6-15-16(10-22)20(29-18(15)8-13)23-11-12-7-14(24(26)27)9-17(28-4)19(12)25/h7,9,11,13,25H,5-6,8H2,1-4H3/t13-/m0/s1. The molecule has 1 aliphatic carbocycles. The van der Waals surface area contributed by atoms with Crippen molar-refractivity contribution in [2.45, 2.75) is 40.0 Å². The maximum absolute atomic E-state index is 11.1. The summed E-state index contributed by atoms with van der Waals surface area (Å²) < 4.78 is 5.02. The van der Waals surface area contributed by atoms with Crippen LogP contribution < -0.4 is 4.74 Å². The van der Waals surface area contributed by atoms with Crippen molar-refractivity contribution in [1.29, 1.82) is 5.26 Å². The minimum absolute atomic E-state index is 0.000324. The van der Waals surface area contributed by atoms with E-state index in [-0.39, 0.29) is 28.2 Å². The molecule has 0 bridgehead atoms. The predicted molar refractivity (Wildman–Crippen MR) is 113 cm³/mol. The number of nitriles is 1. The molecule has 1 N–H and O–H groups in total. The number of fused-ring (bicyclic) bond motifs is 1. The number of phenolic OH excluding ortho intramolecular Hbond substituents is 1. The van der Waals surface area contributed by atoms with Crippen LogP contribution in [0.2, 0.25) is 0 Å². The molecule has 8 heteroatoms. The van der Waals surface area contributed by atoms with Crippen molar-refractivity contribution in [2.75, 3.05) is 7.11 Å². The van der Waals surface area contributed by atoms with Gasteiger partial charge in [0.2, 0.25) is 0 Å². The molecule has 1 heterocycles. The van der Waals surface area contributed by atoms with E-state index in [9.17, 15) is 20.5 Å². The Labute approximate surface area is 173 Å². The number of hydrogen-bond acceptors (Lipinski definition) is 7. The average molecular weight is 413 g/mol. The molecule has 0 saturated heterocycles. The first-order valence-corrected chi connectivity index (χ1v) is 10.1. The summed E-state index contributed by atoms with van der Waals surface area (Å²) >= 11 is 1.48. The third-order valence-electron chi connectivity index (χ3n) is 5.42. The number of thiophene rings is 1. The molecule has 1 atom stereocenters. The number of non-ortho nitro benzene ring substituents is 1. The van der Waals surface area contributed by atoms with Crippen molar-refractivity contribution in [3.63, 3.8) is 0 Å². The highest BCUT2D eigenvalue weighted by molar-refractivity contribution is 7.16. The van der Waals surface area contributed by atoms with Crippen LogP contribution in [0.25, 0.3) is 0 Å². The Morgan fingerprint density at radius 3 is 2.76 bits per heavy atom. The second-order valence-electron chi connectivity index (χ2n) is 8.20. The number of nitrogens with zero attached hydrogens (tertiary/aromatic N) is 3. The highest BCUT2D eigenvalue weighted by Crippen LogP contribution is 2.45. The summed E-state index contributed by atoms with van der Waals surface area (Å²) in [6, 6.07) is 4.65. The Hall–Kier alpha value is -2.92. The number of rotatable bonds is 4. The second kappa shape index (κ2) is 7.84. The summed E-state index contributed by atoms with van der Waals surface area (Å²) in [6.45, 7) is 6.71. The van der Waals surface area contributed by atoms with Crippen LogP contribution in [0.1, 0.15) is 48.8 Å². The molecule has 7 nitrogen and oxygen atoms in total. The maximum Gasteiger partial charge on any atom is 0.274 e. The van der Waals surface area contributed by atoms with E-state index in [0.717, 1.165) is 30.9 Å². The maximum atomic E-state index is 11.1. The molecule has 0 amide bonds. The lowest BCUT2D eigenvalue weighted by atomic mass is 9.72. The quantitative estimate of drug-likeness (QED) is 0.424. The van der Waals surface area contributed by atoms with Gasteiger partial charge in [-0.2, -0.15) is 5.26 Å². The highest BCUT2D eigenvalue weighted by Gasteiger charge is 2.32. The van der Waals surface area contributed by atoms with E-state index in [1.54, 1.807) is 0 Å². The largest absolute Gasteiger partial charge is 0.504 e. The number of methoxy groups -OCH3 is 1. The number of phenols is 1. The van der Waals surface area contributed by atoms with Gasteiger partial charge in [0.1, 0.15) is 11.1 Å². The lowest BCUT2D eigenvalue weighted by Gasteiger charge is -2.33. The second-order valence-corrected chi connectivity index (χ2v) is 9.29. The summed E-state index contributed by atoms with van der Waals surface area (Å²) in [5.74, 6) is 0.316. The number of ether oxygens (including phenoxy) is 1. The van der Waals surface area contributed by atoms with Gasteiger partial charge in [-0.1, -0.05) is 20.8 Å². The van der Waals surface area contributed by atoms with Crippen molar-refractivity contribution in [3.05, 3.63) is 43.8 Å². The van der Waals surface area contributed by atoms with Gasteiger partial charge in [0.15, 0.2) is 11.5 Å². The van der Waals surface area contributed by atoms with Gasteiger partial charge in [0, 0.05) is 22.7 Å². The predicted octanol–water partition coefficient (Wildman–Crippen LogP) is 5.14. The van der Waals surface area contributed by atoms with Crippen molar-refractivity contribution < 1.29 is 14.8 Å². The van der Waals surface area contributed by atoms with E-state index in [1.807, 2.05) is 0 Å². The first-order valence-electron chi connectivity index (χ1n) is 9.29. The summed E-state index contributed by atoms with van der Waals surface area (Å²) in [5, 5.41) is 31.7. The lowest BCUT2D eigenvalue weighted by Crippen LogP contribution is -2.26. The third kappa shape index (κ3) is 4.10. The molecule has 1 aromatic carbocycles. The van der Waals surface area contributed by atoms with E-state index in [2.05, 4.69) is 31.8 Å². The van der Waals surface area contributed by atoms with Gasteiger partial charge < -0.3 is 9.84 Å². The smallest absolute Gasteiger partial charge is 0.274 e. The van der Waals surface area contributed by atoms with Crippen LogP contribution in [0, 0.1) is 32.8 Å². The highest BCUT2D eigenvalue weighted by atomic mass is 32.1. The van der Waals surface area contributed by atoms with Crippen LogP contribution in [0.15, 0.2) is 17.1 Å². The zero-order valence-electron chi connectivity index (χ0n) is 16.9. The fraction of sp³-hybridized carbons (Fsp3) is 0.429. The molecule has 0 unspecified atom stereocenters. The van der Waals surface area contributed by atoms with Gasteiger partial charge in [0.05, 0.1) is 23.7 Å². The summed E-state index contributed by atoms with van der Waals surface area (Å²) in [6.07, 6.45) is 4.16. The van der Waals surface area contributed by atoms with E-state index in [4.69, 9.17) is 4.74 Å². The number of benzene rings is 1. The molecular formula is C21H23N3O4S. The molecule has 0 aliphatic heterocycles. The number of nitro groups is 1. The van der Waals surface area contributed by atoms with Crippen molar-refractivity contribution in [3.8, 4) is 17.6 Å². The molecular weight excluding hydrogens is 390 g/mol. The number of aromatic hydroxyl groups is 1. The van der Waals surface area contributed by atoms with Crippen LogP contribution in [-0.2, 0) is 12.8 Å². The Morgan fingerprint density at radius 1 is 1.45 bits per heavy atom. The number of hydrogen-bond donors (Lipinski definition) is 1. The molecule has 1 aromatic heterocycles. The minimum atomic E-state index is -0.559. The summed E-state index contributed by atoms with van der Waals surface area (Å²) in [4.78, 5) is 16.2. The fourth-order valence-corrected chi connectivity index (χ4v) is 4.84. The van der Waals surface area contributed by atoms with E-state index >= 15 is 0 Å². The van der Waals surface area contributed by atoms with Crippen molar-refractivity contribution in [1.82, 2.24) is 0 Å². The first-order chi connectivity index (χ1) is 13.7. The van der Waals surface area contributed by atoms with Crippen LogP contribution in [-0.4, -0.2) is 23.4 Å². The Kier molecular flexibility index (Phi) is 5.62. The van der Waals surface area contributed by atoms with Gasteiger partial charge in [-0.25, -0.2) is 4.99 Å². The van der Waals surface area contributed by atoms with Gasteiger partial charge >= 0.3 is 0 Å². The normalized spacial score (nSPS) is 16.4. The third-order valence-corrected chi connectivity index (χ3v) is 6.59. The molecule has 152 valence electrons. The molecule has 0 spiro atoms. The zero-order valence-corrected chi connectivity index (χ0v) is 17.7. The molecule has 0 fully saturated rings. The molecule has 2 aromatic rings. The lowest BCUT2D eigenvalue weighted by molar-refractivity contribution is -0.385. The molecule has 1 aliphatic rings. The molecule has 3 rings (SSSR count). The van der Waals surface area contributed by atoms with E-state index < -0.39 is 4.92 Å². The van der Waals surface area contributed by atoms with Crippen molar-refractivity contribution in [2.24, 2.45) is 16.3 Å². The van der Waals surface area contributed by atoms with Crippen LogP contribution in [0.4, 0.5) is 10.7 Å². The summed E-state index contributed by atoms with van der Waals surface area (Å²) in [5.41, 5.74) is 1.78. The molecule has 0 radical (unpaired) electrons. The van der Waals surface area contributed by atoms with Crippen molar-refractivity contribution >= 4 is 28.2 Å². The van der Waals surface area contributed by atoms with Crippen LogP contribution in [0.3, 0.4) is 0 Å². The van der Waals surface area contributed by atoms with Crippen LogP contribution in [0.5, 0.6) is 11.5 Å². The minimum Gasteiger partial charge on any atom is -0.504 e. The van der Waals surface area contributed by atoms with Gasteiger partial charge in [-0.15, -0.1) is 11.3 Å². The Bertz CT molecular complexity index is 1030. The van der Waals surface area contributed by atoms with Gasteiger partial charge in [-0.3, -0.25) is 10.1 Å². The monoisotopic (exact) mass is 413 g/mol. The number of nitro benzene ring substituents is 1. The topological polar surface area (TPSA) is 109 Å². The zero-order chi connectivity index (χ0) is 21.3. The first kappa shape index (κ1) is 20.8. The Balaban J connectivity index is 1.99.